The van der Waals surface area contributed by atoms with E-state index < -0.39 is 5.97 Å². The van der Waals surface area contributed by atoms with Crippen LogP contribution in [0.2, 0.25) is 0 Å². The van der Waals surface area contributed by atoms with Gasteiger partial charge in [0.15, 0.2) is 10.6 Å². The number of ketones is 1. The van der Waals surface area contributed by atoms with Gasteiger partial charge in [-0.05, 0) is 12.1 Å². The Bertz CT molecular complexity index is 657. The molecule has 0 unspecified atom stereocenters. The number of carbonyl (C=O) groups is 2. The Morgan fingerprint density at radius 3 is 2.47 bits per heavy atom. The molecule has 98 valence electrons. The highest BCUT2D eigenvalue weighted by Gasteiger charge is 2.10. The van der Waals surface area contributed by atoms with Crippen molar-refractivity contribution < 1.29 is 14.3 Å². The van der Waals surface area contributed by atoms with E-state index in [0.717, 1.165) is 11.3 Å². The van der Waals surface area contributed by atoms with Crippen LogP contribution < -0.4 is 4.80 Å². The Balaban J connectivity index is 2.14. The van der Waals surface area contributed by atoms with Gasteiger partial charge in [-0.1, -0.05) is 23.5 Å². The summed E-state index contributed by atoms with van der Waals surface area (Å²) in [6, 6.07) is 6.19. The lowest BCUT2D eigenvalue weighted by atomic mass is 10.1. The maximum absolute atomic E-state index is 12.0. The molecule has 0 radical (unpaired) electrons. The van der Waals surface area contributed by atoms with Crippen molar-refractivity contribution in [3.63, 3.8) is 0 Å². The molecule has 0 saturated heterocycles. The molecule has 0 fully saturated rings. The summed E-state index contributed by atoms with van der Waals surface area (Å²) in [5.74, 6) is -0.609. The highest BCUT2D eigenvalue weighted by atomic mass is 32.1. The molecule has 6 nitrogen and oxygen atoms in total. The van der Waals surface area contributed by atoms with E-state index in [1.807, 2.05) is 0 Å². The largest absolute Gasteiger partial charge is 0.465 e. The Labute approximate surface area is 112 Å². The lowest BCUT2D eigenvalue weighted by Crippen LogP contribution is -2.21. The van der Waals surface area contributed by atoms with Crippen molar-refractivity contribution >= 4 is 23.1 Å². The number of nitrogens with zero attached hydrogens (tertiary/aromatic N) is 2. The monoisotopic (exact) mass is 277 g/mol. The molecular weight excluding hydrogens is 266 g/mol. The third kappa shape index (κ3) is 2.94. The summed E-state index contributed by atoms with van der Waals surface area (Å²) in [5.41, 5.74) is 2.37. The van der Waals surface area contributed by atoms with E-state index in [-0.39, 0.29) is 17.1 Å². The number of esters is 1. The molecule has 0 spiro atoms. The normalized spacial score (nSPS) is 10.2. The number of nitrogens with one attached hydrogen (secondary N) is 1. The van der Waals surface area contributed by atoms with Crippen LogP contribution in [-0.2, 0) is 11.3 Å². The first-order chi connectivity index (χ1) is 9.11. The van der Waals surface area contributed by atoms with Crippen molar-refractivity contribution in [2.75, 3.05) is 7.11 Å². The van der Waals surface area contributed by atoms with Gasteiger partial charge in [0, 0.05) is 5.56 Å². The average Bonchev–Trinajstić information content (AvgIpc) is 2.83. The Hall–Kier alpha value is -2.28. The zero-order chi connectivity index (χ0) is 13.8. The standard InChI is InChI=1S/C12H11N3O3S/c1-18-11(17)9-4-2-8(3-5-9)10(16)6-15-12(13)19-7-14-15/h2-5,7,13H,6H2,1H3. The van der Waals surface area contributed by atoms with Gasteiger partial charge in [-0.25, -0.2) is 9.48 Å². The van der Waals surface area contributed by atoms with Crippen LogP contribution in [-0.4, -0.2) is 28.6 Å². The van der Waals surface area contributed by atoms with Crippen molar-refractivity contribution in [1.29, 1.82) is 5.41 Å². The van der Waals surface area contributed by atoms with Crippen LogP contribution in [0.1, 0.15) is 20.7 Å². The second-order valence-electron chi connectivity index (χ2n) is 3.69. The molecular formula is C12H11N3O3S. The summed E-state index contributed by atoms with van der Waals surface area (Å²) < 4.78 is 5.90. The highest BCUT2D eigenvalue weighted by Crippen LogP contribution is 2.07. The van der Waals surface area contributed by atoms with Crippen LogP contribution in [0.15, 0.2) is 29.8 Å². The lowest BCUT2D eigenvalue weighted by molar-refractivity contribution is 0.0600. The summed E-state index contributed by atoms with van der Waals surface area (Å²) in [6.07, 6.45) is 0. The van der Waals surface area contributed by atoms with Crippen LogP contribution in [0.25, 0.3) is 0 Å². The number of methoxy groups -OCH3 is 1. The minimum Gasteiger partial charge on any atom is -0.465 e. The smallest absolute Gasteiger partial charge is 0.337 e. The topological polar surface area (TPSA) is 85.0 Å². The third-order valence-electron chi connectivity index (χ3n) is 2.51. The van der Waals surface area contributed by atoms with E-state index in [1.54, 1.807) is 12.1 Å². The second-order valence-corrected chi connectivity index (χ2v) is 4.53. The van der Waals surface area contributed by atoms with E-state index in [0.29, 0.717) is 11.1 Å². The van der Waals surface area contributed by atoms with Crippen molar-refractivity contribution in [2.45, 2.75) is 6.54 Å². The first-order valence-electron chi connectivity index (χ1n) is 5.38. The van der Waals surface area contributed by atoms with Crippen molar-refractivity contribution in [3.8, 4) is 0 Å². The predicted molar refractivity (Wildman–Crippen MR) is 68.1 cm³/mol. The molecule has 1 aromatic heterocycles. The molecule has 0 aliphatic heterocycles. The number of hydrogen-bond donors (Lipinski definition) is 1. The molecule has 1 heterocycles. The summed E-state index contributed by atoms with van der Waals surface area (Å²) in [5, 5.41) is 11.4. The summed E-state index contributed by atoms with van der Waals surface area (Å²) in [6.45, 7) is 0.0138. The molecule has 0 aliphatic carbocycles. The van der Waals surface area contributed by atoms with Gasteiger partial charge >= 0.3 is 5.97 Å². The highest BCUT2D eigenvalue weighted by molar-refractivity contribution is 7.06. The lowest BCUT2D eigenvalue weighted by Gasteiger charge is -2.03. The van der Waals surface area contributed by atoms with E-state index in [4.69, 9.17) is 5.41 Å². The number of hydrogen-bond acceptors (Lipinski definition) is 6. The number of carbonyl (C=O) groups excluding carboxylic acids is 2. The number of Topliss-reactive ketones (excluding diaryl/α,β-unsaturated/α-hetero) is 1. The van der Waals surface area contributed by atoms with Crippen molar-refractivity contribution in [2.24, 2.45) is 0 Å². The second kappa shape index (κ2) is 5.57. The molecule has 0 amide bonds. The Kier molecular flexibility index (Phi) is 3.86. The SMILES string of the molecule is COC(=O)c1ccc(C(=O)Cn2ncsc2=N)cc1. The predicted octanol–water partition coefficient (Wildman–Crippen LogP) is 1.09. The zero-order valence-electron chi connectivity index (χ0n) is 10.1. The van der Waals surface area contributed by atoms with Gasteiger partial charge < -0.3 is 4.74 Å². The van der Waals surface area contributed by atoms with E-state index >= 15 is 0 Å². The molecule has 2 aromatic rings. The van der Waals surface area contributed by atoms with E-state index in [2.05, 4.69) is 9.84 Å². The summed E-state index contributed by atoms with van der Waals surface area (Å²) in [7, 11) is 1.30. The molecule has 7 heteroatoms. The molecule has 1 aromatic carbocycles. The fraction of sp³-hybridized carbons (Fsp3) is 0.167. The maximum atomic E-state index is 12.0. The van der Waals surface area contributed by atoms with Gasteiger partial charge in [0.05, 0.1) is 12.7 Å². The summed E-state index contributed by atoms with van der Waals surface area (Å²) in [4.78, 5) is 23.4. The van der Waals surface area contributed by atoms with Crippen molar-refractivity contribution in [1.82, 2.24) is 9.78 Å². The molecule has 1 N–H and O–H groups in total. The van der Waals surface area contributed by atoms with Crippen LogP contribution in [0.3, 0.4) is 0 Å². The quantitative estimate of drug-likeness (QED) is 0.669. The first kappa shape index (κ1) is 13.2. The van der Waals surface area contributed by atoms with Crippen LogP contribution in [0.4, 0.5) is 0 Å². The van der Waals surface area contributed by atoms with Crippen LogP contribution in [0, 0.1) is 5.41 Å². The number of rotatable bonds is 4. The van der Waals surface area contributed by atoms with E-state index in [9.17, 15) is 9.59 Å². The number of benzene rings is 1. The Morgan fingerprint density at radius 1 is 1.32 bits per heavy atom. The van der Waals surface area contributed by atoms with Crippen LogP contribution >= 0.6 is 11.3 Å². The van der Waals surface area contributed by atoms with Gasteiger partial charge in [0.2, 0.25) is 0 Å². The fourth-order valence-corrected chi connectivity index (χ4v) is 1.99. The number of ether oxygens (including phenoxy) is 1. The van der Waals surface area contributed by atoms with Gasteiger partial charge in [0.25, 0.3) is 0 Å². The molecule has 0 bridgehead atoms. The summed E-state index contributed by atoms with van der Waals surface area (Å²) >= 11 is 1.16. The van der Waals surface area contributed by atoms with Crippen molar-refractivity contribution in [3.05, 3.63) is 45.7 Å². The molecule has 19 heavy (non-hydrogen) atoms. The molecule has 0 saturated carbocycles. The molecule has 0 atom stereocenters. The van der Waals surface area contributed by atoms with Gasteiger partial charge in [-0.2, -0.15) is 5.10 Å². The van der Waals surface area contributed by atoms with Crippen LogP contribution in [0.5, 0.6) is 0 Å². The average molecular weight is 277 g/mol. The zero-order valence-corrected chi connectivity index (χ0v) is 10.9. The third-order valence-corrected chi connectivity index (χ3v) is 3.14. The van der Waals surface area contributed by atoms with E-state index in [1.165, 1.54) is 29.4 Å². The minimum atomic E-state index is -0.443. The van der Waals surface area contributed by atoms with Gasteiger partial charge in [-0.15, -0.1) is 0 Å². The van der Waals surface area contributed by atoms with Gasteiger partial charge in [0.1, 0.15) is 12.1 Å². The first-order valence-corrected chi connectivity index (χ1v) is 6.26. The number of aromatic nitrogens is 2. The van der Waals surface area contributed by atoms with Gasteiger partial charge in [-0.3, -0.25) is 10.2 Å². The molecule has 0 aliphatic rings. The Morgan fingerprint density at radius 2 is 1.95 bits per heavy atom. The minimum absolute atomic E-state index is 0.0138. The maximum Gasteiger partial charge on any atom is 0.337 e. The molecule has 2 rings (SSSR count). The fourth-order valence-electron chi connectivity index (χ4n) is 1.49.